The molecule has 0 spiro atoms. The molecule has 0 unspecified atom stereocenters. The Hall–Kier alpha value is -2.86. The lowest BCUT2D eigenvalue weighted by Crippen LogP contribution is -2.19. The summed E-state index contributed by atoms with van der Waals surface area (Å²) in [4.78, 5) is 0. The van der Waals surface area contributed by atoms with E-state index in [1.165, 1.54) is 72.0 Å². The Bertz CT molecular complexity index is 1120. The molecule has 0 atom stereocenters. The van der Waals surface area contributed by atoms with Crippen molar-refractivity contribution in [1.82, 2.24) is 0 Å². The predicted molar refractivity (Wildman–Crippen MR) is 181 cm³/mol. The smallest absolute Gasteiger partial charge is 0.0104 e. The molecule has 0 saturated carbocycles. The van der Waals surface area contributed by atoms with E-state index < -0.39 is 0 Å². The third-order valence-electron chi connectivity index (χ3n) is 8.38. The maximum atomic E-state index is 2.37. The molecule has 216 valence electrons. The van der Waals surface area contributed by atoms with Gasteiger partial charge in [-0.15, -0.1) is 0 Å². The van der Waals surface area contributed by atoms with Crippen molar-refractivity contribution < 1.29 is 0 Å². The van der Waals surface area contributed by atoms with Gasteiger partial charge in [-0.25, -0.2) is 0 Å². The molecule has 0 nitrogen and oxygen atoms in total. The molecular formula is C40H56. The van der Waals surface area contributed by atoms with E-state index in [-0.39, 0.29) is 0 Å². The van der Waals surface area contributed by atoms with Gasteiger partial charge < -0.3 is 0 Å². The van der Waals surface area contributed by atoms with E-state index in [9.17, 15) is 0 Å². The van der Waals surface area contributed by atoms with Crippen molar-refractivity contribution in [2.45, 2.75) is 108 Å². The topological polar surface area (TPSA) is 0 Å². The van der Waals surface area contributed by atoms with E-state index in [2.05, 4.69) is 154 Å². The summed E-state index contributed by atoms with van der Waals surface area (Å²) in [5, 5.41) is 0. The van der Waals surface area contributed by atoms with Crippen molar-refractivity contribution in [3.8, 4) is 0 Å². The molecule has 0 aromatic carbocycles. The van der Waals surface area contributed by atoms with Crippen LogP contribution in [0.2, 0.25) is 0 Å². The van der Waals surface area contributed by atoms with E-state index in [1.807, 2.05) is 0 Å². The highest BCUT2D eigenvalue weighted by atomic mass is 14.3. The molecule has 0 heteroatoms. The maximum absolute atomic E-state index is 2.37. The predicted octanol–water partition coefficient (Wildman–Crippen LogP) is 12.6. The van der Waals surface area contributed by atoms with Crippen molar-refractivity contribution in [1.29, 1.82) is 0 Å². The second kappa shape index (κ2) is 15.8. The van der Waals surface area contributed by atoms with Gasteiger partial charge in [0, 0.05) is 0 Å². The first-order valence-electron chi connectivity index (χ1n) is 15.3. The van der Waals surface area contributed by atoms with Gasteiger partial charge in [0.25, 0.3) is 0 Å². The van der Waals surface area contributed by atoms with Crippen LogP contribution in [0.1, 0.15) is 108 Å². The highest BCUT2D eigenvalue weighted by Crippen LogP contribution is 2.41. The van der Waals surface area contributed by atoms with Crippen LogP contribution in [0.5, 0.6) is 0 Å². The first-order chi connectivity index (χ1) is 18.8. The molecule has 0 amide bonds. The van der Waals surface area contributed by atoms with Crippen molar-refractivity contribution >= 4 is 0 Å². The van der Waals surface area contributed by atoms with Crippen LogP contribution >= 0.6 is 0 Å². The molecule has 0 fully saturated rings. The Labute approximate surface area is 247 Å². The average molecular weight is 537 g/mol. The lowest BCUT2D eigenvalue weighted by atomic mass is 9.72. The van der Waals surface area contributed by atoms with Crippen molar-refractivity contribution in [3.63, 3.8) is 0 Å². The van der Waals surface area contributed by atoms with Gasteiger partial charge >= 0.3 is 0 Å². The molecule has 0 saturated heterocycles. The fourth-order valence-electron chi connectivity index (χ4n) is 5.79. The monoisotopic (exact) mass is 536 g/mol. The molecule has 0 N–H and O–H groups in total. The van der Waals surface area contributed by atoms with Crippen LogP contribution in [0.25, 0.3) is 0 Å². The summed E-state index contributed by atoms with van der Waals surface area (Å²) in [6.07, 6.45) is 38.4. The van der Waals surface area contributed by atoms with E-state index in [0.29, 0.717) is 10.8 Å². The first-order valence-corrected chi connectivity index (χ1v) is 15.3. The lowest BCUT2D eigenvalue weighted by molar-refractivity contribution is 0.376. The number of allylic oxidation sites excluding steroid dienone is 22. The van der Waals surface area contributed by atoms with Gasteiger partial charge in [-0.05, 0) is 102 Å². The van der Waals surface area contributed by atoms with Gasteiger partial charge in [0.05, 0.1) is 0 Å². The van der Waals surface area contributed by atoms with E-state index in [4.69, 9.17) is 0 Å². The second-order valence-corrected chi connectivity index (χ2v) is 13.3. The fourth-order valence-corrected chi connectivity index (χ4v) is 5.79. The zero-order valence-corrected chi connectivity index (χ0v) is 27.3. The van der Waals surface area contributed by atoms with Crippen LogP contribution in [0.3, 0.4) is 0 Å². The Balaban J connectivity index is 1.89. The summed E-state index contributed by atoms with van der Waals surface area (Å²) < 4.78 is 0. The summed E-state index contributed by atoms with van der Waals surface area (Å²) in [6, 6.07) is 0. The average Bonchev–Trinajstić information content (AvgIpc) is 2.85. The van der Waals surface area contributed by atoms with Crippen LogP contribution in [-0.2, 0) is 0 Å². The Morgan fingerprint density at radius 1 is 0.500 bits per heavy atom. The first kappa shape index (κ1) is 33.3. The molecule has 0 radical (unpaired) electrons. The number of rotatable bonds is 10. The maximum Gasteiger partial charge on any atom is -0.0104 e. The number of hydrogen-bond acceptors (Lipinski definition) is 0. The minimum absolute atomic E-state index is 0.291. The van der Waals surface area contributed by atoms with Crippen molar-refractivity contribution in [2.75, 3.05) is 0 Å². The molecule has 0 aliphatic heterocycles. The Morgan fingerprint density at radius 2 is 0.825 bits per heavy atom. The van der Waals surface area contributed by atoms with Gasteiger partial charge in [-0.3, -0.25) is 0 Å². The van der Waals surface area contributed by atoms with E-state index >= 15 is 0 Å². The minimum Gasteiger partial charge on any atom is -0.0696 e. The van der Waals surface area contributed by atoms with Gasteiger partial charge in [0.2, 0.25) is 0 Å². The third-order valence-corrected chi connectivity index (χ3v) is 8.38. The van der Waals surface area contributed by atoms with Gasteiger partial charge in [0.1, 0.15) is 0 Å². The zero-order chi connectivity index (χ0) is 29.8. The van der Waals surface area contributed by atoms with Gasteiger partial charge in [-0.2, -0.15) is 0 Å². The molecule has 2 rings (SSSR count). The normalized spacial score (nSPS) is 21.9. The Kier molecular flexibility index (Phi) is 13.2. The molecular weight excluding hydrogens is 480 g/mol. The molecule has 2 aliphatic rings. The van der Waals surface area contributed by atoms with Crippen LogP contribution < -0.4 is 0 Å². The summed E-state index contributed by atoms with van der Waals surface area (Å²) in [7, 11) is 0. The third kappa shape index (κ3) is 11.3. The van der Waals surface area contributed by atoms with E-state index in [1.54, 1.807) is 11.1 Å². The van der Waals surface area contributed by atoms with Crippen molar-refractivity contribution in [3.05, 3.63) is 130 Å². The lowest BCUT2D eigenvalue weighted by Gasteiger charge is -2.33. The molecule has 0 bridgehead atoms. The van der Waals surface area contributed by atoms with Crippen LogP contribution in [0.15, 0.2) is 130 Å². The van der Waals surface area contributed by atoms with Crippen molar-refractivity contribution in [2.24, 2.45) is 10.8 Å². The quantitative estimate of drug-likeness (QED) is 0.244. The zero-order valence-electron chi connectivity index (χ0n) is 27.3. The molecule has 40 heavy (non-hydrogen) atoms. The van der Waals surface area contributed by atoms with Gasteiger partial charge in [-0.1, -0.05) is 146 Å². The summed E-state index contributed by atoms with van der Waals surface area (Å²) in [5.41, 5.74) is 11.7. The largest absolute Gasteiger partial charge is 0.0696 e. The summed E-state index contributed by atoms with van der Waals surface area (Å²) >= 11 is 0. The summed E-state index contributed by atoms with van der Waals surface area (Å²) in [6.45, 7) is 22.7. The highest BCUT2D eigenvalue weighted by Gasteiger charge is 2.27. The second-order valence-electron chi connectivity index (χ2n) is 13.3. The highest BCUT2D eigenvalue weighted by molar-refractivity contribution is 5.39. The molecule has 2 aliphatic carbocycles. The van der Waals surface area contributed by atoms with Crippen LogP contribution in [0.4, 0.5) is 0 Å². The summed E-state index contributed by atoms with van der Waals surface area (Å²) in [5.74, 6) is 0. The van der Waals surface area contributed by atoms with Gasteiger partial charge in [0.15, 0.2) is 0 Å². The SMILES string of the molecule is CC1=C(/C=C/C(C)=C/C=C\C(C)=C/C=C/C=C(C)/C=C\C=C(C)\C=C\C2=C(C)CCCC2(C)C)C(C)(C)CCC1. The van der Waals surface area contributed by atoms with E-state index in [0.717, 1.165) is 0 Å². The Morgan fingerprint density at radius 3 is 1.18 bits per heavy atom. The van der Waals surface area contributed by atoms with Crippen LogP contribution in [-0.4, -0.2) is 0 Å². The standard InChI is InChI=1S/C40H56/c1-31(19-13-21-33(3)25-27-37-35(5)23-15-29-39(37,7)8)17-11-12-18-32(2)20-14-22-34(4)26-28-38-36(6)24-16-30-40(38,9)10/h11-14,17-22,25-28H,15-16,23-24,29-30H2,1-10H3/b12-11+,19-13-,20-14-,27-25+,28-26+,31-17-,32-18+,33-21+,34-22+. The minimum atomic E-state index is 0.291. The molecule has 0 aromatic rings. The van der Waals surface area contributed by atoms with Crippen LogP contribution in [0, 0.1) is 10.8 Å². The molecule has 0 heterocycles. The number of hydrogen-bond donors (Lipinski definition) is 0. The fraction of sp³-hybridized carbons (Fsp3) is 0.450. The molecule has 0 aromatic heterocycles.